The fourth-order valence-corrected chi connectivity index (χ4v) is 2.32. The monoisotopic (exact) mass is 433 g/mol. The van der Waals surface area contributed by atoms with Gasteiger partial charge in [-0.25, -0.2) is 4.68 Å². The Morgan fingerprint density at radius 1 is 1.38 bits per heavy atom. The molecule has 0 saturated carbocycles. The number of halogens is 3. The first-order valence-electron chi connectivity index (χ1n) is 5.80. The van der Waals surface area contributed by atoms with E-state index in [1.807, 2.05) is 0 Å². The predicted octanol–water partition coefficient (Wildman–Crippen LogP) is 3.47. The van der Waals surface area contributed by atoms with E-state index in [0.29, 0.717) is 19.7 Å². The van der Waals surface area contributed by atoms with E-state index in [4.69, 9.17) is 16.4 Å². The molecule has 0 aliphatic heterocycles. The zero-order valence-corrected chi connectivity index (χ0v) is 14.8. The lowest BCUT2D eigenvalue weighted by molar-refractivity contribution is 0.212. The van der Waals surface area contributed by atoms with Gasteiger partial charge in [-0.15, -0.1) is 0 Å². The first-order valence-corrected chi connectivity index (χ1v) is 7.76. The van der Waals surface area contributed by atoms with E-state index in [2.05, 4.69) is 42.1 Å². The number of hydrogen-bond acceptors (Lipinski definition) is 4. The number of rotatable bonds is 4. The molecule has 0 unspecified atom stereocenters. The van der Waals surface area contributed by atoms with Gasteiger partial charge in [0.1, 0.15) is 17.3 Å². The Balaban J connectivity index is 2.38. The van der Waals surface area contributed by atoms with Gasteiger partial charge in [0, 0.05) is 10.6 Å². The van der Waals surface area contributed by atoms with Crippen molar-refractivity contribution in [3.63, 3.8) is 0 Å². The molecular weight excluding hydrogens is 425 g/mol. The lowest BCUT2D eigenvalue weighted by Crippen LogP contribution is -2.27. The van der Waals surface area contributed by atoms with Gasteiger partial charge in [-0.3, -0.25) is 4.79 Å². The van der Waals surface area contributed by atoms with Crippen molar-refractivity contribution in [1.29, 1.82) is 0 Å². The Kier molecular flexibility index (Phi) is 5.55. The van der Waals surface area contributed by atoms with Gasteiger partial charge in [0.25, 0.3) is 5.56 Å². The van der Waals surface area contributed by atoms with Crippen LogP contribution < -0.4 is 5.56 Å². The van der Waals surface area contributed by atoms with Crippen molar-refractivity contribution in [3.8, 4) is 0 Å². The van der Waals surface area contributed by atoms with Gasteiger partial charge >= 0.3 is 0 Å². The van der Waals surface area contributed by atoms with Crippen LogP contribution in [0.15, 0.2) is 49.4 Å². The van der Waals surface area contributed by atoms with Crippen LogP contribution in [0.25, 0.3) is 0 Å². The highest BCUT2D eigenvalue weighted by atomic mass is 79.9. The predicted molar refractivity (Wildman–Crippen MR) is 88.9 cm³/mol. The van der Waals surface area contributed by atoms with Crippen LogP contribution in [0.3, 0.4) is 0 Å². The van der Waals surface area contributed by atoms with Crippen LogP contribution in [0.2, 0.25) is 5.02 Å². The Morgan fingerprint density at radius 3 is 2.67 bits per heavy atom. The summed E-state index contributed by atoms with van der Waals surface area (Å²) in [7, 11) is 1.45. The highest BCUT2D eigenvalue weighted by Gasteiger charge is 2.11. The minimum Gasteiger partial charge on any atom is -0.399 e. The summed E-state index contributed by atoms with van der Waals surface area (Å²) in [5.41, 5.74) is 1.11. The first-order chi connectivity index (χ1) is 10.0. The molecule has 0 saturated heterocycles. The fraction of sp³-hybridized carbons (Fsp3) is 0.154. The summed E-state index contributed by atoms with van der Waals surface area (Å²) in [6.07, 6.45) is 1.54. The summed E-state index contributed by atoms with van der Waals surface area (Å²) in [6, 6.07) is 7.10. The number of aromatic nitrogens is 2. The maximum atomic E-state index is 12.1. The van der Waals surface area contributed by atoms with Crippen LogP contribution in [0, 0.1) is 0 Å². The molecule has 2 aromatic rings. The molecule has 1 heterocycles. The van der Waals surface area contributed by atoms with Crippen LogP contribution >= 0.6 is 43.5 Å². The molecular formula is C13H10Br2ClN3O2. The molecule has 0 aliphatic rings. The maximum absolute atomic E-state index is 12.1. The molecule has 0 spiro atoms. The molecule has 0 amide bonds. The number of benzene rings is 1. The summed E-state index contributed by atoms with van der Waals surface area (Å²) in [4.78, 5) is 17.0. The number of nitrogens with zero attached hydrogens (tertiary/aromatic N) is 3. The molecule has 21 heavy (non-hydrogen) atoms. The SMILES string of the molecule is CO/N=C(\Cn1ncc(Br)c(Br)c1=O)c1ccc(Cl)cc1. The standard InChI is InChI=1S/C13H10Br2ClN3O2/c1-21-18-11(8-2-4-9(16)5-3-8)7-19-13(20)12(15)10(14)6-17-19/h2-6H,7H2,1H3/b18-11+. The van der Waals surface area contributed by atoms with Crippen molar-refractivity contribution in [2.45, 2.75) is 6.54 Å². The van der Waals surface area contributed by atoms with Gasteiger partial charge in [-0.05, 0) is 44.0 Å². The third-order valence-electron chi connectivity index (χ3n) is 2.62. The van der Waals surface area contributed by atoms with Crippen molar-refractivity contribution in [2.24, 2.45) is 5.16 Å². The third kappa shape index (κ3) is 3.93. The van der Waals surface area contributed by atoms with Crippen LogP contribution in [0.1, 0.15) is 5.56 Å². The average molecular weight is 436 g/mol. The second kappa shape index (κ2) is 7.20. The first kappa shape index (κ1) is 16.2. The topological polar surface area (TPSA) is 56.5 Å². The summed E-state index contributed by atoms with van der Waals surface area (Å²) in [5.74, 6) is 0. The normalized spacial score (nSPS) is 11.5. The van der Waals surface area contributed by atoms with E-state index in [0.717, 1.165) is 5.56 Å². The van der Waals surface area contributed by atoms with Crippen molar-refractivity contribution >= 4 is 49.2 Å². The average Bonchev–Trinajstić information content (AvgIpc) is 2.48. The molecule has 0 aliphatic carbocycles. The molecule has 0 radical (unpaired) electrons. The molecule has 1 aromatic carbocycles. The van der Waals surface area contributed by atoms with Crippen LogP contribution in [0.5, 0.6) is 0 Å². The Bertz CT molecular complexity index is 729. The van der Waals surface area contributed by atoms with Gasteiger partial charge in [-0.2, -0.15) is 5.10 Å². The van der Waals surface area contributed by atoms with E-state index in [-0.39, 0.29) is 12.1 Å². The summed E-state index contributed by atoms with van der Waals surface area (Å²) in [5, 5.41) is 8.65. The lowest BCUT2D eigenvalue weighted by Gasteiger charge is -2.08. The Hall–Kier alpha value is -1.18. The van der Waals surface area contributed by atoms with E-state index < -0.39 is 0 Å². The molecule has 1 aromatic heterocycles. The molecule has 0 fully saturated rings. The summed E-state index contributed by atoms with van der Waals surface area (Å²) in [6.45, 7) is 0.181. The Labute approximate surface area is 142 Å². The molecule has 2 rings (SSSR count). The minimum absolute atomic E-state index is 0.181. The summed E-state index contributed by atoms with van der Waals surface area (Å²) < 4.78 is 2.30. The van der Waals surface area contributed by atoms with Gasteiger partial charge in [0.2, 0.25) is 0 Å². The quantitative estimate of drug-likeness (QED) is 0.546. The van der Waals surface area contributed by atoms with Crippen molar-refractivity contribution < 1.29 is 4.84 Å². The van der Waals surface area contributed by atoms with Gasteiger partial charge in [0.05, 0.1) is 17.2 Å². The molecule has 0 atom stereocenters. The van der Waals surface area contributed by atoms with E-state index in [1.54, 1.807) is 24.3 Å². The van der Waals surface area contributed by atoms with Gasteiger partial charge in [0.15, 0.2) is 0 Å². The fourth-order valence-electron chi connectivity index (χ4n) is 1.62. The van der Waals surface area contributed by atoms with Crippen molar-refractivity contribution in [3.05, 3.63) is 60.3 Å². The van der Waals surface area contributed by atoms with Gasteiger partial charge in [-0.1, -0.05) is 28.9 Å². The molecule has 8 heteroatoms. The third-order valence-corrected chi connectivity index (χ3v) is 4.77. The number of hydrogen-bond donors (Lipinski definition) is 0. The van der Waals surface area contributed by atoms with Crippen LogP contribution in [0.4, 0.5) is 0 Å². The van der Waals surface area contributed by atoms with Gasteiger partial charge < -0.3 is 4.84 Å². The maximum Gasteiger partial charge on any atom is 0.282 e. The molecule has 0 N–H and O–H groups in total. The molecule has 110 valence electrons. The smallest absolute Gasteiger partial charge is 0.282 e. The second-order valence-corrected chi connectivity index (χ2v) is 6.08. The molecule has 0 bridgehead atoms. The second-order valence-electron chi connectivity index (χ2n) is 4.00. The zero-order valence-electron chi connectivity index (χ0n) is 10.9. The van der Waals surface area contributed by atoms with E-state index >= 15 is 0 Å². The van der Waals surface area contributed by atoms with Crippen molar-refractivity contribution in [2.75, 3.05) is 7.11 Å². The minimum atomic E-state index is -0.262. The summed E-state index contributed by atoms with van der Waals surface area (Å²) >= 11 is 12.3. The molecule has 5 nitrogen and oxygen atoms in total. The highest BCUT2D eigenvalue weighted by Crippen LogP contribution is 2.17. The van der Waals surface area contributed by atoms with E-state index in [1.165, 1.54) is 18.0 Å². The Morgan fingerprint density at radius 2 is 2.05 bits per heavy atom. The largest absolute Gasteiger partial charge is 0.399 e. The van der Waals surface area contributed by atoms with E-state index in [9.17, 15) is 4.79 Å². The zero-order chi connectivity index (χ0) is 15.4. The lowest BCUT2D eigenvalue weighted by atomic mass is 10.1. The van der Waals surface area contributed by atoms with Crippen molar-refractivity contribution in [1.82, 2.24) is 9.78 Å². The van der Waals surface area contributed by atoms with Crippen LogP contribution in [-0.2, 0) is 11.4 Å². The van der Waals surface area contributed by atoms with Crippen LogP contribution in [-0.4, -0.2) is 22.6 Å². The highest BCUT2D eigenvalue weighted by molar-refractivity contribution is 9.13. The number of oxime groups is 1.